The summed E-state index contributed by atoms with van der Waals surface area (Å²) < 4.78 is 54.8. The van der Waals surface area contributed by atoms with E-state index in [0.717, 1.165) is 15.8 Å². The summed E-state index contributed by atoms with van der Waals surface area (Å²) in [6.45, 7) is 0. The van der Waals surface area contributed by atoms with Gasteiger partial charge < -0.3 is 14.6 Å². The maximum Gasteiger partial charge on any atom is 0.437 e. The van der Waals surface area contributed by atoms with Crippen LogP contribution in [0, 0.1) is 0 Å². The molecular weight excluding hydrogens is 519 g/mol. The SMILES string of the molecule is COc1ccc(O[C@H]2CC[C@@H](n3nc(-c4cnn(C)c4)c4cnc(N(C)C(=O)O)cc43)CC2)c(C(F)(F)F)n1. The predicted octanol–water partition coefficient (Wildman–Crippen LogP) is 4.93. The topological polar surface area (TPSA) is 120 Å². The summed E-state index contributed by atoms with van der Waals surface area (Å²) in [6, 6.07) is 4.16. The Labute approximate surface area is 220 Å². The van der Waals surface area contributed by atoms with Gasteiger partial charge in [-0.25, -0.2) is 14.8 Å². The van der Waals surface area contributed by atoms with E-state index in [1.165, 1.54) is 26.3 Å². The van der Waals surface area contributed by atoms with Crippen molar-refractivity contribution in [1.82, 2.24) is 29.5 Å². The summed E-state index contributed by atoms with van der Waals surface area (Å²) in [7, 11) is 4.46. The van der Waals surface area contributed by atoms with E-state index in [4.69, 9.17) is 14.6 Å². The number of carbonyl (C=O) groups is 1. The smallest absolute Gasteiger partial charge is 0.437 e. The molecule has 1 aliphatic rings. The lowest BCUT2D eigenvalue weighted by molar-refractivity contribution is -0.143. The fourth-order valence-corrected chi connectivity index (χ4v) is 4.77. The largest absolute Gasteiger partial charge is 0.488 e. The predicted molar refractivity (Wildman–Crippen MR) is 134 cm³/mol. The van der Waals surface area contributed by atoms with Crippen LogP contribution in [-0.2, 0) is 13.2 Å². The molecule has 0 aromatic carbocycles. The number of amides is 1. The highest BCUT2D eigenvalue weighted by atomic mass is 19.4. The van der Waals surface area contributed by atoms with Gasteiger partial charge in [0.05, 0.1) is 31.0 Å². The molecule has 0 radical (unpaired) electrons. The molecule has 4 aromatic heterocycles. The van der Waals surface area contributed by atoms with E-state index in [0.29, 0.717) is 36.9 Å². The van der Waals surface area contributed by atoms with Gasteiger partial charge in [0.2, 0.25) is 5.88 Å². The number of aromatic nitrogens is 6. The lowest BCUT2D eigenvalue weighted by Crippen LogP contribution is -2.27. The molecule has 5 rings (SSSR count). The van der Waals surface area contributed by atoms with E-state index >= 15 is 0 Å². The van der Waals surface area contributed by atoms with Gasteiger partial charge in [0.25, 0.3) is 0 Å². The van der Waals surface area contributed by atoms with E-state index in [9.17, 15) is 23.1 Å². The molecule has 4 heterocycles. The zero-order chi connectivity index (χ0) is 27.9. The van der Waals surface area contributed by atoms with Crippen LogP contribution in [0.3, 0.4) is 0 Å². The monoisotopic (exact) mass is 545 g/mol. The van der Waals surface area contributed by atoms with Crippen LogP contribution < -0.4 is 14.4 Å². The molecule has 0 unspecified atom stereocenters. The number of methoxy groups -OCH3 is 1. The number of rotatable bonds is 6. The Kier molecular flexibility index (Phi) is 6.78. The first-order chi connectivity index (χ1) is 18.5. The zero-order valence-corrected chi connectivity index (χ0v) is 21.4. The van der Waals surface area contributed by atoms with Crippen LogP contribution in [0.15, 0.2) is 36.8 Å². The summed E-state index contributed by atoms with van der Waals surface area (Å²) in [6.07, 6.45) is 1.000. The molecule has 1 fully saturated rings. The fraction of sp³-hybridized carbons (Fsp3) is 0.400. The van der Waals surface area contributed by atoms with Gasteiger partial charge in [0.1, 0.15) is 11.5 Å². The van der Waals surface area contributed by atoms with Crippen molar-refractivity contribution >= 4 is 22.8 Å². The Bertz CT molecular complexity index is 1510. The number of halogens is 3. The lowest BCUT2D eigenvalue weighted by atomic mass is 9.93. The quantitative estimate of drug-likeness (QED) is 0.362. The summed E-state index contributed by atoms with van der Waals surface area (Å²) >= 11 is 0. The zero-order valence-electron chi connectivity index (χ0n) is 21.4. The Balaban J connectivity index is 1.42. The minimum absolute atomic E-state index is 0.0840. The highest BCUT2D eigenvalue weighted by molar-refractivity contribution is 5.95. The van der Waals surface area contributed by atoms with Gasteiger partial charge in [-0.15, -0.1) is 0 Å². The average Bonchev–Trinajstić information content (AvgIpc) is 3.51. The molecule has 0 bridgehead atoms. The van der Waals surface area contributed by atoms with E-state index in [1.54, 1.807) is 30.2 Å². The maximum absolute atomic E-state index is 13.6. The number of carboxylic acid groups (broad SMARTS) is 1. The molecule has 0 spiro atoms. The van der Waals surface area contributed by atoms with Crippen LogP contribution >= 0.6 is 0 Å². The molecule has 1 saturated carbocycles. The van der Waals surface area contributed by atoms with Crippen molar-refractivity contribution in [3.63, 3.8) is 0 Å². The Morgan fingerprint density at radius 3 is 2.54 bits per heavy atom. The minimum Gasteiger partial charge on any atom is -0.488 e. The second-order valence-corrected chi connectivity index (χ2v) is 9.34. The van der Waals surface area contributed by atoms with Crippen LogP contribution in [0.1, 0.15) is 37.4 Å². The average molecular weight is 546 g/mol. The third-order valence-electron chi connectivity index (χ3n) is 6.78. The number of ether oxygens (including phenoxy) is 2. The van der Waals surface area contributed by atoms with Crippen LogP contribution in [0.5, 0.6) is 11.6 Å². The number of hydrogen-bond donors (Lipinski definition) is 1. The van der Waals surface area contributed by atoms with Crippen LogP contribution in [0.25, 0.3) is 22.2 Å². The number of pyridine rings is 2. The summed E-state index contributed by atoms with van der Waals surface area (Å²) in [5, 5.41) is 19.2. The molecule has 1 amide bonds. The summed E-state index contributed by atoms with van der Waals surface area (Å²) in [4.78, 5) is 20.4. The van der Waals surface area contributed by atoms with Gasteiger partial charge in [-0.3, -0.25) is 14.3 Å². The third kappa shape index (κ3) is 5.18. The standard InChI is InChI=1S/C25H26F3N7O4/c1-33-13-14(11-30-33)22-17-12-29-20(34(2)24(36)37)10-18(17)35(32-22)15-4-6-16(7-5-15)39-19-8-9-21(38-3)31-23(19)25(26,27)28/h8-13,15-16H,4-7H2,1-3H3,(H,36,37)/t15-,16+. The van der Waals surface area contributed by atoms with E-state index < -0.39 is 24.1 Å². The summed E-state index contributed by atoms with van der Waals surface area (Å²) in [5.74, 6) is -0.226. The first kappa shape index (κ1) is 26.3. The number of anilines is 1. The number of hydrogen-bond acceptors (Lipinski definition) is 7. The van der Waals surface area contributed by atoms with Crippen molar-refractivity contribution in [2.24, 2.45) is 7.05 Å². The van der Waals surface area contributed by atoms with E-state index in [1.807, 2.05) is 10.9 Å². The number of nitrogens with zero attached hydrogens (tertiary/aromatic N) is 7. The lowest BCUT2D eigenvalue weighted by Gasteiger charge is -2.30. The van der Waals surface area contributed by atoms with Gasteiger partial charge in [0, 0.05) is 49.6 Å². The van der Waals surface area contributed by atoms with E-state index in [2.05, 4.69) is 15.1 Å². The number of alkyl halides is 3. The molecule has 4 aromatic rings. The molecule has 39 heavy (non-hydrogen) atoms. The van der Waals surface area contributed by atoms with Crippen molar-refractivity contribution in [2.45, 2.75) is 44.0 Å². The summed E-state index contributed by atoms with van der Waals surface area (Å²) in [5.41, 5.74) is 1.03. The van der Waals surface area contributed by atoms with Gasteiger partial charge in [-0.2, -0.15) is 23.4 Å². The maximum atomic E-state index is 13.6. The van der Waals surface area contributed by atoms with Gasteiger partial charge >= 0.3 is 12.3 Å². The number of fused-ring (bicyclic) bond motifs is 1. The Morgan fingerprint density at radius 2 is 1.92 bits per heavy atom. The fourth-order valence-electron chi connectivity index (χ4n) is 4.77. The molecule has 0 aliphatic heterocycles. The van der Waals surface area contributed by atoms with E-state index in [-0.39, 0.29) is 23.5 Å². The Hall–Kier alpha value is -4.36. The van der Waals surface area contributed by atoms with Crippen LogP contribution in [-0.4, -0.2) is 61.0 Å². The van der Waals surface area contributed by atoms with Gasteiger partial charge in [-0.05, 0) is 31.7 Å². The van der Waals surface area contributed by atoms with Crippen molar-refractivity contribution < 1.29 is 32.5 Å². The second kappa shape index (κ2) is 10.1. The van der Waals surface area contributed by atoms with Gasteiger partial charge in [0.15, 0.2) is 11.4 Å². The third-order valence-corrected chi connectivity index (χ3v) is 6.78. The molecular formula is C25H26F3N7O4. The van der Waals surface area contributed by atoms with Gasteiger partial charge in [-0.1, -0.05) is 0 Å². The second-order valence-electron chi connectivity index (χ2n) is 9.34. The molecule has 1 N–H and O–H groups in total. The Morgan fingerprint density at radius 1 is 1.18 bits per heavy atom. The van der Waals surface area contributed by atoms with Crippen LogP contribution in [0.4, 0.5) is 23.8 Å². The molecule has 1 aliphatic carbocycles. The normalized spacial score (nSPS) is 17.8. The highest BCUT2D eigenvalue weighted by Gasteiger charge is 2.38. The van der Waals surface area contributed by atoms with Crippen LogP contribution in [0.2, 0.25) is 0 Å². The van der Waals surface area contributed by atoms with Crippen molar-refractivity contribution in [1.29, 1.82) is 0 Å². The molecule has 206 valence electrons. The molecule has 0 saturated heterocycles. The van der Waals surface area contributed by atoms with Crippen molar-refractivity contribution in [2.75, 3.05) is 19.1 Å². The number of aryl methyl sites for hydroxylation is 1. The first-order valence-electron chi connectivity index (χ1n) is 12.2. The first-order valence-corrected chi connectivity index (χ1v) is 12.2. The molecule has 11 nitrogen and oxygen atoms in total. The molecule has 0 atom stereocenters. The highest BCUT2D eigenvalue weighted by Crippen LogP contribution is 2.40. The van der Waals surface area contributed by atoms with Crippen molar-refractivity contribution in [3.8, 4) is 22.9 Å². The molecule has 14 heteroatoms. The minimum atomic E-state index is -4.69. The van der Waals surface area contributed by atoms with Crippen molar-refractivity contribution in [3.05, 3.63) is 42.5 Å².